The molecule has 0 unspecified atom stereocenters. The largest absolute Gasteiger partial charge is 0.338 e. The smallest absolute Gasteiger partial charge is 0.257 e. The number of nitrogens with zero attached hydrogens (tertiary/aromatic N) is 6. The number of hydrogen-bond acceptors (Lipinski definition) is 5. The fraction of sp³-hybridized carbons (Fsp3) is 0.412. The molecule has 0 atom stereocenters. The zero-order valence-corrected chi connectivity index (χ0v) is 14.9. The molecule has 25 heavy (non-hydrogen) atoms. The molecular weight excluding hydrogens is 336 g/mol. The summed E-state index contributed by atoms with van der Waals surface area (Å²) in [7, 11) is 0. The van der Waals surface area contributed by atoms with Crippen molar-refractivity contribution < 1.29 is 4.79 Å². The van der Waals surface area contributed by atoms with Crippen molar-refractivity contribution in [1.82, 2.24) is 29.7 Å². The predicted octanol–water partition coefficient (Wildman–Crippen LogP) is 2.70. The third-order valence-corrected chi connectivity index (χ3v) is 5.34. The zero-order chi connectivity index (χ0) is 17.2. The summed E-state index contributed by atoms with van der Waals surface area (Å²) in [5.41, 5.74) is 2.68. The van der Waals surface area contributed by atoms with Crippen LogP contribution in [0.15, 0.2) is 35.4 Å². The number of aryl methyl sites for hydroxylation is 1. The van der Waals surface area contributed by atoms with Crippen LogP contribution < -0.4 is 0 Å². The van der Waals surface area contributed by atoms with Crippen LogP contribution in [0.25, 0.3) is 11.3 Å². The third-order valence-electron chi connectivity index (χ3n) is 4.66. The minimum atomic E-state index is 0.0655. The fourth-order valence-corrected chi connectivity index (χ4v) is 3.81. The number of aromatic nitrogens is 5. The number of hydrogen-bond donors (Lipinski definition) is 0. The maximum absolute atomic E-state index is 12.6. The molecule has 1 fully saturated rings. The van der Waals surface area contributed by atoms with E-state index >= 15 is 0 Å². The molecule has 0 N–H and O–H groups in total. The van der Waals surface area contributed by atoms with Gasteiger partial charge in [-0.25, -0.2) is 4.68 Å². The Balaban J connectivity index is 1.39. The van der Waals surface area contributed by atoms with Gasteiger partial charge in [-0.05, 0) is 31.2 Å². The Morgan fingerprint density at radius 3 is 2.84 bits per heavy atom. The van der Waals surface area contributed by atoms with Crippen molar-refractivity contribution in [2.75, 3.05) is 13.1 Å². The quantitative estimate of drug-likeness (QED) is 0.721. The van der Waals surface area contributed by atoms with Gasteiger partial charge in [0.15, 0.2) is 0 Å². The summed E-state index contributed by atoms with van der Waals surface area (Å²) in [6.07, 6.45) is 7.26. The number of thiophene rings is 1. The molecule has 1 aliphatic rings. The molecule has 0 radical (unpaired) electrons. The van der Waals surface area contributed by atoms with E-state index in [1.807, 2.05) is 34.3 Å². The molecule has 3 aromatic rings. The lowest BCUT2D eigenvalue weighted by Gasteiger charge is -2.31. The number of piperidine rings is 1. The molecule has 3 aromatic heterocycles. The Morgan fingerprint density at radius 2 is 2.16 bits per heavy atom. The van der Waals surface area contributed by atoms with Gasteiger partial charge in [-0.1, -0.05) is 5.21 Å². The number of amides is 1. The normalized spacial score (nSPS) is 15.6. The molecule has 4 rings (SSSR count). The van der Waals surface area contributed by atoms with E-state index in [-0.39, 0.29) is 5.91 Å². The lowest BCUT2D eigenvalue weighted by atomic mass is 10.0. The summed E-state index contributed by atoms with van der Waals surface area (Å²) in [5, 5.41) is 16.9. The highest BCUT2D eigenvalue weighted by atomic mass is 32.1. The molecule has 0 saturated carbocycles. The molecule has 0 aliphatic carbocycles. The van der Waals surface area contributed by atoms with Gasteiger partial charge in [-0.3, -0.25) is 9.48 Å². The molecule has 130 valence electrons. The third kappa shape index (κ3) is 3.21. The first-order valence-electron chi connectivity index (χ1n) is 8.50. The van der Waals surface area contributed by atoms with Crippen molar-refractivity contribution in [2.45, 2.75) is 32.4 Å². The van der Waals surface area contributed by atoms with Gasteiger partial charge < -0.3 is 4.90 Å². The first-order chi connectivity index (χ1) is 12.2. The molecule has 1 aliphatic heterocycles. The van der Waals surface area contributed by atoms with Crippen molar-refractivity contribution in [1.29, 1.82) is 0 Å². The molecule has 7 nitrogen and oxygen atoms in total. The summed E-state index contributed by atoms with van der Waals surface area (Å²) in [5.74, 6) is 0.0655. The van der Waals surface area contributed by atoms with Crippen LogP contribution in [0.1, 0.15) is 36.2 Å². The SMILES string of the molecule is CCn1cc(C(=O)N2CCC(n3cc(-c4ccsc4)nn3)CC2)cn1. The number of carbonyl (C=O) groups is 1. The lowest BCUT2D eigenvalue weighted by Crippen LogP contribution is -2.39. The van der Waals surface area contributed by atoms with Gasteiger partial charge in [-0.2, -0.15) is 16.4 Å². The summed E-state index contributed by atoms with van der Waals surface area (Å²) in [6, 6.07) is 2.35. The highest BCUT2D eigenvalue weighted by Gasteiger charge is 2.26. The van der Waals surface area contributed by atoms with E-state index in [4.69, 9.17) is 0 Å². The second-order valence-corrected chi connectivity index (χ2v) is 6.98. The Labute approximate surface area is 149 Å². The van der Waals surface area contributed by atoms with Crippen LogP contribution in [0, 0.1) is 0 Å². The van der Waals surface area contributed by atoms with Gasteiger partial charge in [0.1, 0.15) is 5.69 Å². The number of rotatable bonds is 4. The molecule has 4 heterocycles. The summed E-state index contributed by atoms with van der Waals surface area (Å²) in [6.45, 7) is 4.24. The first-order valence-corrected chi connectivity index (χ1v) is 9.45. The van der Waals surface area contributed by atoms with E-state index in [9.17, 15) is 4.79 Å². The molecular formula is C17H20N6OS. The first kappa shape index (κ1) is 16.0. The van der Waals surface area contributed by atoms with Gasteiger partial charge in [0, 0.05) is 36.8 Å². The van der Waals surface area contributed by atoms with Crippen molar-refractivity contribution >= 4 is 17.2 Å². The lowest BCUT2D eigenvalue weighted by molar-refractivity contribution is 0.0689. The van der Waals surface area contributed by atoms with E-state index in [0.717, 1.165) is 43.7 Å². The maximum atomic E-state index is 12.6. The number of likely N-dealkylation sites (tertiary alicyclic amines) is 1. The van der Waals surface area contributed by atoms with E-state index in [2.05, 4.69) is 26.9 Å². The van der Waals surface area contributed by atoms with Crippen LogP contribution in [0.3, 0.4) is 0 Å². The topological polar surface area (TPSA) is 68.8 Å². The van der Waals surface area contributed by atoms with Crippen molar-refractivity contribution in [3.05, 3.63) is 41.0 Å². The molecule has 0 bridgehead atoms. The van der Waals surface area contributed by atoms with Crippen LogP contribution >= 0.6 is 11.3 Å². The molecule has 1 saturated heterocycles. The maximum Gasteiger partial charge on any atom is 0.257 e. The second-order valence-electron chi connectivity index (χ2n) is 6.20. The van der Waals surface area contributed by atoms with E-state index in [1.54, 1.807) is 22.2 Å². The van der Waals surface area contributed by atoms with Crippen LogP contribution in [0.5, 0.6) is 0 Å². The minimum Gasteiger partial charge on any atom is -0.338 e. The second kappa shape index (κ2) is 6.79. The Kier molecular flexibility index (Phi) is 4.35. The van der Waals surface area contributed by atoms with E-state index in [0.29, 0.717) is 11.6 Å². The van der Waals surface area contributed by atoms with E-state index in [1.165, 1.54) is 0 Å². The monoisotopic (exact) mass is 356 g/mol. The summed E-state index contributed by atoms with van der Waals surface area (Å²) >= 11 is 1.66. The summed E-state index contributed by atoms with van der Waals surface area (Å²) in [4.78, 5) is 14.5. The Hall–Kier alpha value is -2.48. The predicted molar refractivity (Wildman–Crippen MR) is 95.4 cm³/mol. The van der Waals surface area contributed by atoms with Gasteiger partial charge in [-0.15, -0.1) is 5.10 Å². The van der Waals surface area contributed by atoms with Gasteiger partial charge in [0.05, 0.1) is 24.0 Å². The van der Waals surface area contributed by atoms with Crippen molar-refractivity contribution in [2.24, 2.45) is 0 Å². The average molecular weight is 356 g/mol. The molecule has 0 aromatic carbocycles. The van der Waals surface area contributed by atoms with Crippen molar-refractivity contribution in [3.63, 3.8) is 0 Å². The Morgan fingerprint density at radius 1 is 1.32 bits per heavy atom. The Bertz CT molecular complexity index is 844. The number of carbonyl (C=O) groups excluding carboxylic acids is 1. The van der Waals surface area contributed by atoms with Crippen LogP contribution in [-0.4, -0.2) is 48.7 Å². The van der Waals surface area contributed by atoms with E-state index < -0.39 is 0 Å². The highest BCUT2D eigenvalue weighted by molar-refractivity contribution is 7.08. The minimum absolute atomic E-state index is 0.0655. The molecule has 8 heteroatoms. The molecule has 0 spiro atoms. The van der Waals surface area contributed by atoms with Crippen LogP contribution in [0.4, 0.5) is 0 Å². The zero-order valence-electron chi connectivity index (χ0n) is 14.1. The van der Waals surface area contributed by atoms with Gasteiger partial charge in [0.2, 0.25) is 0 Å². The van der Waals surface area contributed by atoms with Crippen molar-refractivity contribution in [3.8, 4) is 11.3 Å². The average Bonchev–Trinajstić information content (AvgIpc) is 3.42. The fourth-order valence-electron chi connectivity index (χ4n) is 3.16. The highest BCUT2D eigenvalue weighted by Crippen LogP contribution is 2.25. The summed E-state index contributed by atoms with van der Waals surface area (Å²) < 4.78 is 3.73. The van der Waals surface area contributed by atoms with Gasteiger partial charge >= 0.3 is 0 Å². The van der Waals surface area contributed by atoms with Crippen LogP contribution in [0.2, 0.25) is 0 Å². The molecule has 1 amide bonds. The van der Waals surface area contributed by atoms with Crippen LogP contribution in [-0.2, 0) is 6.54 Å². The standard InChI is InChI=1S/C17H20N6OS/c1-2-22-10-14(9-18-22)17(24)21-6-3-15(4-7-21)23-11-16(19-20-23)13-5-8-25-12-13/h5,8-12,15H,2-4,6-7H2,1H3. The van der Waals surface area contributed by atoms with Gasteiger partial charge in [0.25, 0.3) is 5.91 Å².